The molecule has 1 amide bonds. The van der Waals surface area contributed by atoms with Gasteiger partial charge in [-0.2, -0.15) is 10.5 Å². The summed E-state index contributed by atoms with van der Waals surface area (Å²) in [5.41, 5.74) is 8.27. The Kier molecular flexibility index (Phi) is 8.97. The van der Waals surface area contributed by atoms with Crippen LogP contribution in [0, 0.1) is 22.7 Å². The number of amides is 1. The molecule has 0 spiro atoms. The zero-order chi connectivity index (χ0) is 26.2. The van der Waals surface area contributed by atoms with Crippen LogP contribution in [0.1, 0.15) is 36.6 Å². The normalized spacial score (nSPS) is 12.0. The molecule has 0 saturated carbocycles. The summed E-state index contributed by atoms with van der Waals surface area (Å²) in [4.78, 5) is 17.2. The van der Waals surface area contributed by atoms with Crippen molar-refractivity contribution in [1.82, 2.24) is 10.3 Å². The number of nitrogen functional groups attached to an aromatic ring is 1. The fourth-order valence-corrected chi connectivity index (χ4v) is 4.48. The molecule has 1 aromatic heterocycles. The molecule has 1 heterocycles. The SMILES string of the molecule is C=CCOc1ccc(-c2c(C#N)c(N)nc(SC(C)C(=O)NC(C)c3ccc(Cl)cc3)c2C#N)cc1. The highest BCUT2D eigenvalue weighted by Gasteiger charge is 2.25. The lowest BCUT2D eigenvalue weighted by atomic mass is 9.97. The van der Waals surface area contributed by atoms with Crippen LogP contribution < -0.4 is 15.8 Å². The van der Waals surface area contributed by atoms with E-state index in [2.05, 4.69) is 29.0 Å². The number of benzene rings is 2. The number of nitrogens with zero attached hydrogens (tertiary/aromatic N) is 3. The number of anilines is 1. The van der Waals surface area contributed by atoms with E-state index in [1.54, 1.807) is 49.4 Å². The van der Waals surface area contributed by atoms with E-state index in [9.17, 15) is 15.3 Å². The van der Waals surface area contributed by atoms with E-state index in [0.29, 0.717) is 28.5 Å². The molecule has 0 aliphatic carbocycles. The molecular formula is C27H24ClN5O2S. The molecule has 0 aliphatic heterocycles. The van der Waals surface area contributed by atoms with Crippen molar-refractivity contribution in [2.45, 2.75) is 30.2 Å². The van der Waals surface area contributed by atoms with Crippen molar-refractivity contribution in [3.8, 4) is 29.0 Å². The maximum Gasteiger partial charge on any atom is 0.233 e. The summed E-state index contributed by atoms with van der Waals surface area (Å²) in [7, 11) is 0. The number of carbonyl (C=O) groups excluding carboxylic acids is 1. The van der Waals surface area contributed by atoms with Gasteiger partial charge in [-0.15, -0.1) is 0 Å². The fourth-order valence-electron chi connectivity index (χ4n) is 3.43. The molecule has 3 aromatic rings. The maximum absolute atomic E-state index is 12.9. The summed E-state index contributed by atoms with van der Waals surface area (Å²) in [6, 6.07) is 18.1. The molecule has 0 aliphatic rings. The predicted molar refractivity (Wildman–Crippen MR) is 143 cm³/mol. The summed E-state index contributed by atoms with van der Waals surface area (Å²) in [5, 5.41) is 23.0. The first kappa shape index (κ1) is 26.6. The minimum Gasteiger partial charge on any atom is -0.490 e. The Hall–Kier alpha value is -3.98. The number of aromatic nitrogens is 1. The minimum absolute atomic E-state index is 0.0110. The topological polar surface area (TPSA) is 125 Å². The van der Waals surface area contributed by atoms with E-state index in [1.165, 1.54) is 0 Å². The molecule has 182 valence electrons. The number of ether oxygens (including phenoxy) is 1. The Morgan fingerprint density at radius 1 is 1.17 bits per heavy atom. The maximum atomic E-state index is 12.9. The number of thioether (sulfide) groups is 1. The Morgan fingerprint density at radius 2 is 1.81 bits per heavy atom. The molecule has 0 bridgehead atoms. The highest BCUT2D eigenvalue weighted by molar-refractivity contribution is 8.00. The molecule has 0 saturated heterocycles. The third-order valence-electron chi connectivity index (χ3n) is 5.31. The lowest BCUT2D eigenvalue weighted by Gasteiger charge is -2.19. The molecule has 9 heteroatoms. The zero-order valence-electron chi connectivity index (χ0n) is 19.8. The van der Waals surface area contributed by atoms with Gasteiger partial charge in [0.2, 0.25) is 5.91 Å². The van der Waals surface area contributed by atoms with Crippen LogP contribution in [0.25, 0.3) is 11.1 Å². The van der Waals surface area contributed by atoms with Gasteiger partial charge in [0.05, 0.1) is 16.9 Å². The van der Waals surface area contributed by atoms with Gasteiger partial charge in [-0.3, -0.25) is 4.79 Å². The second-order valence-corrected chi connectivity index (χ2v) is 9.58. The van der Waals surface area contributed by atoms with Crippen LogP contribution in [0.15, 0.2) is 66.2 Å². The average molecular weight is 518 g/mol. The molecule has 2 atom stereocenters. The lowest BCUT2D eigenvalue weighted by Crippen LogP contribution is -2.33. The quantitative estimate of drug-likeness (QED) is 0.277. The molecule has 3 rings (SSSR count). The first-order chi connectivity index (χ1) is 17.3. The molecule has 2 unspecified atom stereocenters. The Bertz CT molecular complexity index is 1350. The Labute approximate surface area is 219 Å². The van der Waals surface area contributed by atoms with Crippen molar-refractivity contribution < 1.29 is 9.53 Å². The van der Waals surface area contributed by atoms with Crippen molar-refractivity contribution in [2.24, 2.45) is 0 Å². The van der Waals surface area contributed by atoms with Crippen LogP contribution in [-0.4, -0.2) is 22.7 Å². The fraction of sp³-hybridized carbons (Fsp3) is 0.185. The third kappa shape index (κ3) is 6.17. The second-order valence-electron chi connectivity index (χ2n) is 7.82. The summed E-state index contributed by atoms with van der Waals surface area (Å²) < 4.78 is 5.51. The average Bonchev–Trinajstić information content (AvgIpc) is 2.87. The number of carbonyl (C=O) groups is 1. The highest BCUT2D eigenvalue weighted by atomic mass is 35.5. The van der Waals surface area contributed by atoms with Crippen molar-refractivity contribution in [2.75, 3.05) is 12.3 Å². The number of pyridine rings is 1. The largest absolute Gasteiger partial charge is 0.490 e. The van der Waals surface area contributed by atoms with E-state index in [-0.39, 0.29) is 33.9 Å². The van der Waals surface area contributed by atoms with E-state index in [4.69, 9.17) is 22.1 Å². The number of hydrogen-bond donors (Lipinski definition) is 2. The van der Waals surface area contributed by atoms with Crippen LogP contribution in [-0.2, 0) is 4.79 Å². The van der Waals surface area contributed by atoms with Gasteiger partial charge >= 0.3 is 0 Å². The summed E-state index contributed by atoms with van der Waals surface area (Å²) in [6.45, 7) is 7.57. The van der Waals surface area contributed by atoms with Gasteiger partial charge in [0.1, 0.15) is 40.9 Å². The van der Waals surface area contributed by atoms with Crippen LogP contribution in [0.2, 0.25) is 5.02 Å². The smallest absolute Gasteiger partial charge is 0.233 e. The number of nitrogens with two attached hydrogens (primary N) is 1. The van der Waals surface area contributed by atoms with Gasteiger partial charge in [0.25, 0.3) is 0 Å². The zero-order valence-corrected chi connectivity index (χ0v) is 21.4. The number of rotatable bonds is 9. The van der Waals surface area contributed by atoms with Crippen LogP contribution in [0.4, 0.5) is 5.82 Å². The summed E-state index contributed by atoms with van der Waals surface area (Å²) >= 11 is 7.05. The number of nitrogens with one attached hydrogen (secondary N) is 1. The van der Waals surface area contributed by atoms with Crippen molar-refractivity contribution in [1.29, 1.82) is 10.5 Å². The van der Waals surface area contributed by atoms with E-state index in [1.807, 2.05) is 19.1 Å². The van der Waals surface area contributed by atoms with Crippen LogP contribution in [0.5, 0.6) is 5.75 Å². The highest BCUT2D eigenvalue weighted by Crippen LogP contribution is 2.37. The summed E-state index contributed by atoms with van der Waals surface area (Å²) in [5.74, 6) is 0.372. The van der Waals surface area contributed by atoms with Crippen molar-refractivity contribution in [3.63, 3.8) is 0 Å². The Balaban J connectivity index is 1.89. The van der Waals surface area contributed by atoms with Crippen LogP contribution in [0.3, 0.4) is 0 Å². The molecule has 0 radical (unpaired) electrons. The van der Waals surface area contributed by atoms with Gasteiger partial charge in [0.15, 0.2) is 0 Å². The molecule has 7 nitrogen and oxygen atoms in total. The third-order valence-corrected chi connectivity index (χ3v) is 6.65. The van der Waals surface area contributed by atoms with Gasteiger partial charge in [-0.1, -0.05) is 60.3 Å². The monoisotopic (exact) mass is 517 g/mol. The number of hydrogen-bond acceptors (Lipinski definition) is 7. The van der Waals surface area contributed by atoms with Gasteiger partial charge in [-0.05, 0) is 49.2 Å². The Morgan fingerprint density at radius 3 is 2.39 bits per heavy atom. The number of nitriles is 2. The van der Waals surface area contributed by atoms with Gasteiger partial charge < -0.3 is 15.8 Å². The van der Waals surface area contributed by atoms with Crippen molar-refractivity contribution in [3.05, 3.63) is 82.9 Å². The molecule has 36 heavy (non-hydrogen) atoms. The summed E-state index contributed by atoms with van der Waals surface area (Å²) in [6.07, 6.45) is 1.63. The first-order valence-electron chi connectivity index (χ1n) is 11.0. The molecule has 0 fully saturated rings. The molecule has 2 aromatic carbocycles. The first-order valence-corrected chi connectivity index (χ1v) is 12.2. The van der Waals surface area contributed by atoms with E-state index >= 15 is 0 Å². The molecule has 3 N–H and O–H groups in total. The standard InChI is InChI=1S/C27H24ClN5O2S/c1-4-13-35-21-11-7-19(8-12-21)24-22(14-29)25(31)33-27(23(24)15-30)36-17(3)26(34)32-16(2)18-5-9-20(28)10-6-18/h4-12,16-17H,1,13H2,2-3H3,(H2,31,33)(H,32,34). The van der Waals surface area contributed by atoms with E-state index < -0.39 is 5.25 Å². The van der Waals surface area contributed by atoms with Crippen molar-refractivity contribution >= 4 is 35.1 Å². The molecular weight excluding hydrogens is 494 g/mol. The minimum atomic E-state index is -0.589. The second kappa shape index (κ2) is 12.1. The van der Waals surface area contributed by atoms with Crippen LogP contribution >= 0.6 is 23.4 Å². The van der Waals surface area contributed by atoms with E-state index in [0.717, 1.165) is 17.3 Å². The van der Waals surface area contributed by atoms with Gasteiger partial charge in [0, 0.05) is 10.6 Å². The van der Waals surface area contributed by atoms with Gasteiger partial charge in [-0.25, -0.2) is 4.98 Å². The predicted octanol–water partition coefficient (Wildman–Crippen LogP) is 5.65. The number of halogens is 1. The lowest BCUT2D eigenvalue weighted by molar-refractivity contribution is -0.120.